The van der Waals surface area contributed by atoms with Gasteiger partial charge in [0.15, 0.2) is 5.16 Å². The summed E-state index contributed by atoms with van der Waals surface area (Å²) in [6, 6.07) is 13.6. The van der Waals surface area contributed by atoms with E-state index in [2.05, 4.69) is 54.5 Å². The molecule has 0 saturated heterocycles. The smallest absolute Gasteiger partial charge is 0.262 e. The van der Waals surface area contributed by atoms with Crippen LogP contribution < -0.4 is 10.9 Å². The van der Waals surface area contributed by atoms with Crippen molar-refractivity contribution in [1.29, 1.82) is 0 Å². The molecule has 0 bridgehead atoms. The lowest BCUT2D eigenvalue weighted by Crippen LogP contribution is -2.28. The molecule has 1 unspecified atom stereocenters. The fraction of sp³-hybridized carbons (Fsp3) is 0.385. The fourth-order valence-corrected chi connectivity index (χ4v) is 4.83. The molecule has 1 N–H and O–H groups in total. The number of para-hydroxylation sites is 1. The molecular formula is C26H31N5O2S. The van der Waals surface area contributed by atoms with Crippen LogP contribution in [0.15, 0.2) is 52.4 Å². The van der Waals surface area contributed by atoms with E-state index in [1.54, 1.807) is 4.57 Å². The number of nitrogens with zero attached hydrogens (tertiary/aromatic N) is 4. The highest BCUT2D eigenvalue weighted by Crippen LogP contribution is 2.22. The number of hydrogen-bond donors (Lipinski definition) is 1. The summed E-state index contributed by atoms with van der Waals surface area (Å²) in [6.45, 7) is 8.87. The summed E-state index contributed by atoms with van der Waals surface area (Å²) < 4.78 is 3.60. The Balaban J connectivity index is 1.57. The number of aryl methyl sites for hydroxylation is 3. The summed E-state index contributed by atoms with van der Waals surface area (Å²) in [7, 11) is 0. The summed E-state index contributed by atoms with van der Waals surface area (Å²) in [6.07, 6.45) is 3.01. The van der Waals surface area contributed by atoms with Crippen molar-refractivity contribution in [2.24, 2.45) is 0 Å². The molecule has 1 atom stereocenters. The second-order valence-electron chi connectivity index (χ2n) is 8.72. The Hall–Kier alpha value is -3.13. The van der Waals surface area contributed by atoms with Gasteiger partial charge < -0.3 is 5.32 Å². The Bertz CT molecular complexity index is 1390. The zero-order chi connectivity index (χ0) is 24.2. The summed E-state index contributed by atoms with van der Waals surface area (Å²) in [5.41, 5.74) is 4.22. The first-order chi connectivity index (χ1) is 16.4. The minimum absolute atomic E-state index is 0.0527. The average molecular weight is 478 g/mol. The van der Waals surface area contributed by atoms with Crippen LogP contribution in [0, 0.1) is 13.8 Å². The van der Waals surface area contributed by atoms with Crippen LogP contribution in [0.25, 0.3) is 16.7 Å². The van der Waals surface area contributed by atoms with Gasteiger partial charge in [0.05, 0.1) is 22.7 Å². The van der Waals surface area contributed by atoms with Crippen molar-refractivity contribution in [2.75, 3.05) is 5.75 Å². The molecule has 4 aromatic rings. The van der Waals surface area contributed by atoms with Crippen LogP contribution in [0.1, 0.15) is 55.8 Å². The monoisotopic (exact) mass is 477 g/mol. The molecule has 7 nitrogen and oxygen atoms in total. The Kier molecular flexibility index (Phi) is 7.36. The van der Waals surface area contributed by atoms with Crippen molar-refractivity contribution in [2.45, 2.75) is 64.7 Å². The predicted octanol–water partition coefficient (Wildman–Crippen LogP) is 4.82. The molecule has 4 rings (SSSR count). The number of hydrogen-bond acceptors (Lipinski definition) is 5. The van der Waals surface area contributed by atoms with E-state index in [-0.39, 0.29) is 23.3 Å². The number of thioether (sulfide) groups is 1. The van der Waals surface area contributed by atoms with E-state index in [0.29, 0.717) is 22.9 Å². The van der Waals surface area contributed by atoms with E-state index in [4.69, 9.17) is 0 Å². The zero-order valence-corrected chi connectivity index (χ0v) is 21.0. The van der Waals surface area contributed by atoms with E-state index < -0.39 is 0 Å². The van der Waals surface area contributed by atoms with Crippen LogP contribution >= 0.6 is 11.8 Å². The molecule has 1 amide bonds. The molecule has 0 fully saturated rings. The van der Waals surface area contributed by atoms with Crippen molar-refractivity contribution in [1.82, 2.24) is 24.5 Å². The molecule has 2 heterocycles. The molecule has 34 heavy (non-hydrogen) atoms. The van der Waals surface area contributed by atoms with Gasteiger partial charge in [0.1, 0.15) is 0 Å². The van der Waals surface area contributed by atoms with Crippen molar-refractivity contribution >= 4 is 34.3 Å². The van der Waals surface area contributed by atoms with Gasteiger partial charge in [-0.15, -0.1) is 10.2 Å². The van der Waals surface area contributed by atoms with Crippen LogP contribution in [-0.4, -0.2) is 30.8 Å². The Morgan fingerprint density at radius 3 is 2.65 bits per heavy atom. The predicted molar refractivity (Wildman–Crippen MR) is 137 cm³/mol. The van der Waals surface area contributed by atoms with Gasteiger partial charge in [-0.05, 0) is 56.0 Å². The number of benzene rings is 2. The lowest BCUT2D eigenvalue weighted by atomic mass is 10.0. The molecule has 0 aliphatic rings. The third kappa shape index (κ3) is 4.87. The summed E-state index contributed by atoms with van der Waals surface area (Å²) in [4.78, 5) is 25.8. The molecule has 0 spiro atoms. The molecule has 0 aliphatic heterocycles. The quantitative estimate of drug-likeness (QED) is 0.276. The van der Waals surface area contributed by atoms with Gasteiger partial charge in [-0.25, -0.2) is 0 Å². The summed E-state index contributed by atoms with van der Waals surface area (Å²) in [5, 5.41) is 13.0. The standard InChI is InChI=1S/C26H31N5O2S/c1-5-6-9-14-30-24(33)21-10-7-8-11-22(21)31-25(30)28-29-26(31)34-16-23(32)27-19(4)20-13-12-17(2)18(3)15-20/h7-8,10-13,15,19H,5-6,9,14,16H2,1-4H3,(H,27,32). The fourth-order valence-electron chi connectivity index (χ4n) is 4.08. The highest BCUT2D eigenvalue weighted by molar-refractivity contribution is 7.99. The van der Waals surface area contributed by atoms with E-state index in [9.17, 15) is 9.59 Å². The Labute approximate surface area is 203 Å². The van der Waals surface area contributed by atoms with Gasteiger partial charge in [-0.1, -0.05) is 61.9 Å². The second kappa shape index (κ2) is 10.4. The van der Waals surface area contributed by atoms with Crippen LogP contribution in [0.5, 0.6) is 0 Å². The first kappa shape index (κ1) is 24.0. The Morgan fingerprint density at radius 1 is 1.09 bits per heavy atom. The number of nitrogens with one attached hydrogen (secondary N) is 1. The maximum atomic E-state index is 13.1. The lowest BCUT2D eigenvalue weighted by Gasteiger charge is -2.15. The first-order valence-electron chi connectivity index (χ1n) is 11.8. The van der Waals surface area contributed by atoms with E-state index in [1.165, 1.54) is 22.9 Å². The van der Waals surface area contributed by atoms with E-state index in [1.807, 2.05) is 35.6 Å². The Morgan fingerprint density at radius 2 is 1.88 bits per heavy atom. The minimum Gasteiger partial charge on any atom is -0.349 e. The van der Waals surface area contributed by atoms with Gasteiger partial charge in [0, 0.05) is 6.54 Å². The van der Waals surface area contributed by atoms with Crippen LogP contribution in [0.2, 0.25) is 0 Å². The van der Waals surface area contributed by atoms with Gasteiger partial charge >= 0.3 is 0 Å². The van der Waals surface area contributed by atoms with Crippen molar-refractivity contribution < 1.29 is 4.79 Å². The van der Waals surface area contributed by atoms with Gasteiger partial charge in [0.2, 0.25) is 11.7 Å². The van der Waals surface area contributed by atoms with Crippen molar-refractivity contribution in [3.05, 3.63) is 69.5 Å². The number of rotatable bonds is 9. The number of unbranched alkanes of at least 4 members (excludes halogenated alkanes) is 2. The highest BCUT2D eigenvalue weighted by atomic mass is 32.2. The number of aromatic nitrogens is 4. The van der Waals surface area contributed by atoms with Gasteiger partial charge in [-0.2, -0.15) is 0 Å². The van der Waals surface area contributed by atoms with Gasteiger partial charge in [-0.3, -0.25) is 18.6 Å². The number of carbonyl (C=O) groups excluding carboxylic acids is 1. The zero-order valence-electron chi connectivity index (χ0n) is 20.2. The summed E-state index contributed by atoms with van der Waals surface area (Å²) in [5.74, 6) is 0.651. The lowest BCUT2D eigenvalue weighted by molar-refractivity contribution is -0.119. The maximum Gasteiger partial charge on any atom is 0.262 e. The largest absolute Gasteiger partial charge is 0.349 e. The number of fused-ring (bicyclic) bond motifs is 3. The van der Waals surface area contributed by atoms with Crippen molar-refractivity contribution in [3.63, 3.8) is 0 Å². The topological polar surface area (TPSA) is 81.3 Å². The first-order valence-corrected chi connectivity index (χ1v) is 12.7. The normalized spacial score (nSPS) is 12.4. The molecule has 0 aliphatic carbocycles. The van der Waals surface area contributed by atoms with E-state index >= 15 is 0 Å². The molecular weight excluding hydrogens is 446 g/mol. The summed E-state index contributed by atoms with van der Waals surface area (Å²) >= 11 is 1.33. The molecule has 2 aromatic carbocycles. The van der Waals surface area contributed by atoms with Crippen LogP contribution in [0.4, 0.5) is 0 Å². The van der Waals surface area contributed by atoms with Gasteiger partial charge in [0.25, 0.3) is 5.56 Å². The van der Waals surface area contributed by atoms with Crippen LogP contribution in [0.3, 0.4) is 0 Å². The molecule has 2 aromatic heterocycles. The third-order valence-corrected chi connectivity index (χ3v) is 7.13. The highest BCUT2D eigenvalue weighted by Gasteiger charge is 2.18. The van der Waals surface area contributed by atoms with Crippen LogP contribution in [-0.2, 0) is 11.3 Å². The SMILES string of the molecule is CCCCCn1c(=O)c2ccccc2n2c(SCC(=O)NC(C)c3ccc(C)c(C)c3)nnc12. The molecule has 178 valence electrons. The third-order valence-electron chi connectivity index (χ3n) is 6.20. The van der Waals surface area contributed by atoms with Crippen molar-refractivity contribution in [3.8, 4) is 0 Å². The second-order valence-corrected chi connectivity index (χ2v) is 9.66. The number of carbonyl (C=O) groups is 1. The molecule has 8 heteroatoms. The van der Waals surface area contributed by atoms with E-state index in [0.717, 1.165) is 30.3 Å². The average Bonchev–Trinajstić information content (AvgIpc) is 3.25. The minimum atomic E-state index is -0.0906. The molecule has 0 radical (unpaired) electrons. The maximum absolute atomic E-state index is 13.1. The number of amides is 1. The molecule has 0 saturated carbocycles.